The smallest absolute Gasteiger partial charge is 0.228 e. The van der Waals surface area contributed by atoms with E-state index in [0.29, 0.717) is 6.42 Å². The fraction of sp³-hybridized carbons (Fsp3) is 0.400. The molecule has 1 aliphatic carbocycles. The fourth-order valence-corrected chi connectivity index (χ4v) is 3.36. The van der Waals surface area contributed by atoms with Crippen molar-refractivity contribution in [2.75, 3.05) is 0 Å². The highest BCUT2D eigenvalue weighted by Crippen LogP contribution is 2.24. The van der Waals surface area contributed by atoms with Gasteiger partial charge in [-0.3, -0.25) is 9.78 Å². The van der Waals surface area contributed by atoms with E-state index in [9.17, 15) is 9.18 Å². The summed E-state index contributed by atoms with van der Waals surface area (Å²) < 4.78 is 13.2. The third-order valence-corrected chi connectivity index (χ3v) is 4.70. The first-order chi connectivity index (χ1) is 11.7. The molecule has 1 aromatic carbocycles. The van der Waals surface area contributed by atoms with Gasteiger partial charge in [0.15, 0.2) is 0 Å². The van der Waals surface area contributed by atoms with Crippen LogP contribution in [0.15, 0.2) is 48.8 Å². The number of halogens is 1. The molecule has 1 heterocycles. The molecule has 4 heteroatoms. The lowest BCUT2D eigenvalue weighted by atomic mass is 9.90. The Balaban J connectivity index is 1.77. The van der Waals surface area contributed by atoms with Gasteiger partial charge in [-0.15, -0.1) is 0 Å². The summed E-state index contributed by atoms with van der Waals surface area (Å²) in [6.45, 7) is 0. The summed E-state index contributed by atoms with van der Waals surface area (Å²) in [5.41, 5.74) is 1.85. The number of carbonyl (C=O) groups is 1. The van der Waals surface area contributed by atoms with Gasteiger partial charge in [-0.25, -0.2) is 4.39 Å². The van der Waals surface area contributed by atoms with E-state index < -0.39 is 0 Å². The summed E-state index contributed by atoms with van der Waals surface area (Å²) in [7, 11) is 0. The minimum Gasteiger partial charge on any atom is -0.353 e. The molecule has 1 saturated carbocycles. The molecule has 1 aromatic heterocycles. The van der Waals surface area contributed by atoms with E-state index in [1.165, 1.54) is 31.4 Å². The van der Waals surface area contributed by atoms with Crippen LogP contribution in [-0.4, -0.2) is 16.9 Å². The molecule has 0 aliphatic heterocycles. The first-order valence-corrected chi connectivity index (χ1v) is 8.67. The number of benzene rings is 1. The van der Waals surface area contributed by atoms with E-state index in [4.69, 9.17) is 0 Å². The average Bonchev–Trinajstić information content (AvgIpc) is 2.62. The molecule has 3 rings (SSSR count). The lowest BCUT2D eigenvalue weighted by molar-refractivity contribution is -0.123. The molecule has 3 nitrogen and oxygen atoms in total. The lowest BCUT2D eigenvalue weighted by Gasteiger charge is -2.26. The Kier molecular flexibility index (Phi) is 5.57. The Morgan fingerprint density at radius 3 is 2.58 bits per heavy atom. The molecule has 1 atom stereocenters. The van der Waals surface area contributed by atoms with E-state index in [1.807, 2.05) is 12.1 Å². The molecular formula is C20H23FN2O. The second-order valence-corrected chi connectivity index (χ2v) is 6.51. The van der Waals surface area contributed by atoms with Gasteiger partial charge in [0, 0.05) is 18.4 Å². The molecular weight excluding hydrogens is 303 g/mol. The number of amides is 1. The number of carbonyl (C=O) groups excluding carboxylic acids is 1. The standard InChI is InChI=1S/C20H23FN2O/c21-17-10-8-16(9-11-17)19(13-15-5-4-12-22-14-15)20(24)23-18-6-2-1-3-7-18/h4-5,8-12,14,18-19H,1-3,6-7,13H2,(H,23,24). The van der Waals surface area contributed by atoms with Gasteiger partial charge >= 0.3 is 0 Å². The van der Waals surface area contributed by atoms with Crippen molar-refractivity contribution in [3.05, 3.63) is 65.7 Å². The minimum atomic E-state index is -0.322. The summed E-state index contributed by atoms with van der Waals surface area (Å²) in [4.78, 5) is 17.0. The van der Waals surface area contributed by atoms with Crippen molar-refractivity contribution in [2.24, 2.45) is 0 Å². The van der Waals surface area contributed by atoms with Crippen LogP contribution in [0.5, 0.6) is 0 Å². The highest BCUT2D eigenvalue weighted by molar-refractivity contribution is 5.84. The van der Waals surface area contributed by atoms with Crippen LogP contribution in [0.25, 0.3) is 0 Å². The molecule has 24 heavy (non-hydrogen) atoms. The van der Waals surface area contributed by atoms with Crippen LogP contribution in [-0.2, 0) is 11.2 Å². The average molecular weight is 326 g/mol. The zero-order valence-corrected chi connectivity index (χ0v) is 13.7. The van der Waals surface area contributed by atoms with E-state index in [0.717, 1.165) is 24.0 Å². The molecule has 1 unspecified atom stereocenters. The predicted molar refractivity (Wildman–Crippen MR) is 92.1 cm³/mol. The van der Waals surface area contributed by atoms with Gasteiger partial charge in [0.2, 0.25) is 5.91 Å². The van der Waals surface area contributed by atoms with Crippen LogP contribution in [0.2, 0.25) is 0 Å². The molecule has 126 valence electrons. The number of aromatic nitrogens is 1. The molecule has 0 spiro atoms. The summed E-state index contributed by atoms with van der Waals surface area (Å²) >= 11 is 0. The van der Waals surface area contributed by atoms with E-state index in [-0.39, 0.29) is 23.7 Å². The Morgan fingerprint density at radius 2 is 1.92 bits per heavy atom. The van der Waals surface area contributed by atoms with Crippen LogP contribution in [0.3, 0.4) is 0 Å². The summed E-state index contributed by atoms with van der Waals surface area (Å²) in [5.74, 6) is -0.583. The highest BCUT2D eigenvalue weighted by Gasteiger charge is 2.24. The van der Waals surface area contributed by atoms with E-state index >= 15 is 0 Å². The summed E-state index contributed by atoms with van der Waals surface area (Å²) in [5, 5.41) is 3.20. The lowest BCUT2D eigenvalue weighted by Crippen LogP contribution is -2.39. The number of rotatable bonds is 5. The molecule has 0 radical (unpaired) electrons. The van der Waals surface area contributed by atoms with Crippen LogP contribution in [0, 0.1) is 5.82 Å². The third-order valence-electron chi connectivity index (χ3n) is 4.70. The van der Waals surface area contributed by atoms with Crippen LogP contribution >= 0.6 is 0 Å². The topological polar surface area (TPSA) is 42.0 Å². The predicted octanol–water partition coefficient (Wildman–Crippen LogP) is 4.00. The maximum atomic E-state index is 13.2. The van der Waals surface area contributed by atoms with Crippen molar-refractivity contribution < 1.29 is 9.18 Å². The van der Waals surface area contributed by atoms with Crippen LogP contribution < -0.4 is 5.32 Å². The van der Waals surface area contributed by atoms with Crippen molar-refractivity contribution >= 4 is 5.91 Å². The van der Waals surface area contributed by atoms with Gasteiger partial charge in [-0.05, 0) is 48.6 Å². The van der Waals surface area contributed by atoms with Crippen molar-refractivity contribution in [1.82, 2.24) is 10.3 Å². The van der Waals surface area contributed by atoms with E-state index in [1.54, 1.807) is 24.5 Å². The van der Waals surface area contributed by atoms with Gasteiger partial charge < -0.3 is 5.32 Å². The van der Waals surface area contributed by atoms with Gasteiger partial charge in [0.1, 0.15) is 5.82 Å². The Hall–Kier alpha value is -2.23. The number of nitrogens with zero attached hydrogens (tertiary/aromatic N) is 1. The van der Waals surface area contributed by atoms with E-state index in [2.05, 4.69) is 10.3 Å². The Morgan fingerprint density at radius 1 is 1.17 bits per heavy atom. The second-order valence-electron chi connectivity index (χ2n) is 6.51. The van der Waals surface area contributed by atoms with Gasteiger partial charge in [-0.1, -0.05) is 37.5 Å². The van der Waals surface area contributed by atoms with Crippen molar-refractivity contribution in [1.29, 1.82) is 0 Å². The van der Waals surface area contributed by atoms with Gasteiger partial charge in [0.25, 0.3) is 0 Å². The monoisotopic (exact) mass is 326 g/mol. The third kappa shape index (κ3) is 4.40. The summed E-state index contributed by atoms with van der Waals surface area (Å²) in [6, 6.07) is 10.4. The fourth-order valence-electron chi connectivity index (χ4n) is 3.36. The highest BCUT2D eigenvalue weighted by atomic mass is 19.1. The first-order valence-electron chi connectivity index (χ1n) is 8.67. The molecule has 1 amide bonds. The maximum Gasteiger partial charge on any atom is 0.228 e. The second kappa shape index (κ2) is 8.04. The zero-order valence-electron chi connectivity index (χ0n) is 13.7. The summed E-state index contributed by atoms with van der Waals surface area (Å²) in [6.07, 6.45) is 9.78. The maximum absolute atomic E-state index is 13.2. The minimum absolute atomic E-state index is 0.0253. The van der Waals surface area contributed by atoms with Crippen molar-refractivity contribution in [2.45, 2.75) is 50.5 Å². The molecule has 0 saturated heterocycles. The van der Waals surface area contributed by atoms with Crippen molar-refractivity contribution in [3.8, 4) is 0 Å². The van der Waals surface area contributed by atoms with Crippen LogP contribution in [0.4, 0.5) is 4.39 Å². The first kappa shape index (κ1) is 16.6. The Bertz CT molecular complexity index is 651. The molecule has 1 N–H and O–H groups in total. The van der Waals surface area contributed by atoms with Crippen molar-refractivity contribution in [3.63, 3.8) is 0 Å². The Labute approximate surface area is 142 Å². The number of hydrogen-bond acceptors (Lipinski definition) is 2. The van der Waals surface area contributed by atoms with Gasteiger partial charge in [0.05, 0.1) is 5.92 Å². The molecule has 1 fully saturated rings. The van der Waals surface area contributed by atoms with Crippen LogP contribution in [0.1, 0.15) is 49.1 Å². The molecule has 0 bridgehead atoms. The number of hydrogen-bond donors (Lipinski definition) is 1. The number of pyridine rings is 1. The normalized spacial score (nSPS) is 16.5. The molecule has 1 aliphatic rings. The SMILES string of the molecule is O=C(NC1CCCCC1)C(Cc1cccnc1)c1ccc(F)cc1. The molecule has 2 aromatic rings. The number of nitrogens with one attached hydrogen (secondary N) is 1. The quantitative estimate of drug-likeness (QED) is 0.902. The van der Waals surface area contributed by atoms with Gasteiger partial charge in [-0.2, -0.15) is 0 Å². The largest absolute Gasteiger partial charge is 0.353 e. The zero-order chi connectivity index (χ0) is 16.8.